The second kappa shape index (κ2) is 6.41. The zero-order valence-corrected chi connectivity index (χ0v) is 12.1. The van der Waals surface area contributed by atoms with Gasteiger partial charge in [-0.25, -0.2) is 0 Å². The molecule has 2 aromatic rings. The normalized spacial score (nSPS) is 12.4. The maximum absolute atomic E-state index is 4.27. The Morgan fingerprint density at radius 3 is 2.89 bits per heavy atom. The van der Waals surface area contributed by atoms with Crippen molar-refractivity contribution in [3.05, 3.63) is 47.8 Å². The molecule has 1 N–H and O–H groups in total. The van der Waals surface area contributed by atoms with Crippen LogP contribution in [0, 0.1) is 6.92 Å². The fourth-order valence-corrected chi connectivity index (χ4v) is 2.22. The summed E-state index contributed by atoms with van der Waals surface area (Å²) in [6, 6.07) is 9.20. The number of anilines is 1. The smallest absolute Gasteiger partial charge is 0.0728 e. The highest BCUT2D eigenvalue weighted by atomic mass is 15.3. The number of nitrogens with one attached hydrogen (secondary N) is 1. The molecule has 1 atom stereocenters. The first-order valence-corrected chi connectivity index (χ1v) is 7.02. The van der Waals surface area contributed by atoms with Crippen molar-refractivity contribution < 1.29 is 0 Å². The maximum atomic E-state index is 4.27. The summed E-state index contributed by atoms with van der Waals surface area (Å²) in [5, 5.41) is 7.77. The molecule has 1 aromatic carbocycles. The topological polar surface area (TPSA) is 29.9 Å². The van der Waals surface area contributed by atoms with Crippen molar-refractivity contribution in [2.24, 2.45) is 0 Å². The van der Waals surface area contributed by atoms with E-state index < -0.39 is 0 Å². The first kappa shape index (κ1) is 13.7. The number of hydrogen-bond donors (Lipinski definition) is 1. The molecule has 0 fully saturated rings. The molecule has 1 aromatic heterocycles. The van der Waals surface area contributed by atoms with Gasteiger partial charge in [0, 0.05) is 18.8 Å². The van der Waals surface area contributed by atoms with E-state index in [1.807, 2.05) is 10.9 Å². The molecule has 0 saturated carbocycles. The zero-order chi connectivity index (χ0) is 13.7. The lowest BCUT2D eigenvalue weighted by atomic mass is 10.0. The van der Waals surface area contributed by atoms with Gasteiger partial charge in [0.15, 0.2) is 0 Å². The largest absolute Gasteiger partial charge is 0.380 e. The highest BCUT2D eigenvalue weighted by Gasteiger charge is 2.04. The third kappa shape index (κ3) is 4.12. The van der Waals surface area contributed by atoms with Crippen LogP contribution in [-0.2, 0) is 13.0 Å². The minimum absolute atomic E-state index is 0.454. The van der Waals surface area contributed by atoms with Crippen molar-refractivity contribution in [3.63, 3.8) is 0 Å². The minimum Gasteiger partial charge on any atom is -0.380 e. The zero-order valence-electron chi connectivity index (χ0n) is 12.1. The first-order valence-electron chi connectivity index (χ1n) is 7.02. The summed E-state index contributed by atoms with van der Waals surface area (Å²) in [7, 11) is 0. The molecular formula is C16H23N3. The van der Waals surface area contributed by atoms with E-state index in [9.17, 15) is 0 Å². The predicted molar refractivity (Wildman–Crippen MR) is 80.5 cm³/mol. The van der Waals surface area contributed by atoms with Gasteiger partial charge in [0.2, 0.25) is 0 Å². The number of hydrogen-bond acceptors (Lipinski definition) is 2. The van der Waals surface area contributed by atoms with Crippen molar-refractivity contribution >= 4 is 5.69 Å². The summed E-state index contributed by atoms with van der Waals surface area (Å²) in [6.07, 6.45) is 6.19. The predicted octanol–water partition coefficient (Wildman–Crippen LogP) is 3.64. The molecule has 102 valence electrons. The van der Waals surface area contributed by atoms with Crippen LogP contribution in [0.2, 0.25) is 0 Å². The van der Waals surface area contributed by atoms with E-state index in [1.165, 1.54) is 11.1 Å². The summed E-state index contributed by atoms with van der Waals surface area (Å²) >= 11 is 0. The molecule has 0 aliphatic rings. The summed E-state index contributed by atoms with van der Waals surface area (Å²) < 4.78 is 1.94. The van der Waals surface area contributed by atoms with Crippen LogP contribution in [0.25, 0.3) is 0 Å². The van der Waals surface area contributed by atoms with Gasteiger partial charge in [0.25, 0.3) is 0 Å². The molecular weight excluding hydrogens is 234 g/mol. The van der Waals surface area contributed by atoms with Crippen molar-refractivity contribution in [1.82, 2.24) is 9.78 Å². The van der Waals surface area contributed by atoms with Gasteiger partial charge in [0.1, 0.15) is 0 Å². The molecule has 0 aliphatic carbocycles. The average Bonchev–Trinajstić information content (AvgIpc) is 2.84. The van der Waals surface area contributed by atoms with E-state index in [4.69, 9.17) is 0 Å². The summed E-state index contributed by atoms with van der Waals surface area (Å²) in [6.45, 7) is 7.38. The van der Waals surface area contributed by atoms with Gasteiger partial charge < -0.3 is 5.32 Å². The lowest BCUT2D eigenvalue weighted by Gasteiger charge is -2.13. The quantitative estimate of drug-likeness (QED) is 0.856. The van der Waals surface area contributed by atoms with E-state index in [-0.39, 0.29) is 0 Å². The van der Waals surface area contributed by atoms with Crippen LogP contribution in [0.1, 0.15) is 31.4 Å². The number of rotatable bonds is 6. The van der Waals surface area contributed by atoms with E-state index in [0.29, 0.717) is 6.04 Å². The molecule has 0 radical (unpaired) electrons. The van der Waals surface area contributed by atoms with Crippen molar-refractivity contribution in [3.8, 4) is 0 Å². The van der Waals surface area contributed by atoms with Gasteiger partial charge in [-0.15, -0.1) is 0 Å². The Bertz CT molecular complexity index is 516. The molecule has 2 rings (SSSR count). The van der Waals surface area contributed by atoms with Crippen molar-refractivity contribution in [2.75, 3.05) is 5.32 Å². The van der Waals surface area contributed by atoms with Gasteiger partial charge in [0.05, 0.1) is 11.9 Å². The van der Waals surface area contributed by atoms with Crippen LogP contribution in [0.4, 0.5) is 5.69 Å². The Hall–Kier alpha value is -1.77. The highest BCUT2D eigenvalue weighted by Crippen LogP contribution is 2.12. The average molecular weight is 257 g/mol. The molecule has 3 nitrogen and oxygen atoms in total. The summed E-state index contributed by atoms with van der Waals surface area (Å²) in [5.74, 6) is 0. The Balaban J connectivity index is 1.82. The Morgan fingerprint density at radius 1 is 1.37 bits per heavy atom. The standard InChI is InChI=1S/C16H23N3/c1-4-19-12-16(11-17-19)18-14(3)8-9-15-7-5-6-13(2)10-15/h5-7,10-12,14,18H,4,8-9H2,1-3H3. The van der Waals surface area contributed by atoms with Gasteiger partial charge >= 0.3 is 0 Å². The van der Waals surface area contributed by atoms with Crippen LogP contribution in [0.3, 0.4) is 0 Å². The first-order chi connectivity index (χ1) is 9.17. The van der Waals surface area contributed by atoms with Crippen LogP contribution in [-0.4, -0.2) is 15.8 Å². The van der Waals surface area contributed by atoms with E-state index >= 15 is 0 Å². The second-order valence-electron chi connectivity index (χ2n) is 5.16. The minimum atomic E-state index is 0.454. The molecule has 1 heterocycles. The van der Waals surface area contributed by atoms with Crippen LogP contribution in [0.15, 0.2) is 36.7 Å². The van der Waals surface area contributed by atoms with Gasteiger partial charge in [-0.05, 0) is 39.2 Å². The van der Waals surface area contributed by atoms with Gasteiger partial charge in [-0.1, -0.05) is 29.8 Å². The fraction of sp³-hybridized carbons (Fsp3) is 0.438. The van der Waals surface area contributed by atoms with Crippen LogP contribution < -0.4 is 5.32 Å². The Morgan fingerprint density at radius 2 is 2.21 bits per heavy atom. The van der Waals surface area contributed by atoms with Crippen LogP contribution >= 0.6 is 0 Å². The van der Waals surface area contributed by atoms with Crippen molar-refractivity contribution in [1.29, 1.82) is 0 Å². The fourth-order valence-electron chi connectivity index (χ4n) is 2.22. The monoisotopic (exact) mass is 257 g/mol. The van der Waals surface area contributed by atoms with Crippen LogP contribution in [0.5, 0.6) is 0 Å². The molecule has 19 heavy (non-hydrogen) atoms. The summed E-state index contributed by atoms with van der Waals surface area (Å²) in [4.78, 5) is 0. The Kier molecular flexibility index (Phi) is 4.61. The lowest BCUT2D eigenvalue weighted by molar-refractivity contribution is 0.659. The van der Waals surface area contributed by atoms with E-state index in [1.54, 1.807) is 0 Å². The van der Waals surface area contributed by atoms with E-state index in [2.05, 4.69) is 61.6 Å². The van der Waals surface area contributed by atoms with E-state index in [0.717, 1.165) is 25.1 Å². The maximum Gasteiger partial charge on any atom is 0.0728 e. The molecule has 0 spiro atoms. The van der Waals surface area contributed by atoms with Gasteiger partial charge in [-0.3, -0.25) is 4.68 Å². The number of aromatic nitrogens is 2. The Labute approximate surface area is 115 Å². The molecule has 3 heteroatoms. The lowest BCUT2D eigenvalue weighted by Crippen LogP contribution is -2.15. The third-order valence-electron chi connectivity index (χ3n) is 3.32. The third-order valence-corrected chi connectivity index (χ3v) is 3.32. The van der Waals surface area contributed by atoms with Gasteiger partial charge in [-0.2, -0.15) is 5.10 Å². The molecule has 1 unspecified atom stereocenters. The van der Waals surface area contributed by atoms with Crippen molar-refractivity contribution in [2.45, 2.75) is 46.2 Å². The number of nitrogens with zero attached hydrogens (tertiary/aromatic N) is 2. The SMILES string of the molecule is CCn1cc(NC(C)CCc2cccc(C)c2)cn1. The molecule has 0 aliphatic heterocycles. The molecule has 0 amide bonds. The number of benzene rings is 1. The molecule has 0 bridgehead atoms. The number of aryl methyl sites for hydroxylation is 3. The molecule has 0 saturated heterocycles. The summed E-state index contributed by atoms with van der Waals surface area (Å²) in [5.41, 5.74) is 3.86. The second-order valence-corrected chi connectivity index (χ2v) is 5.16. The highest BCUT2D eigenvalue weighted by molar-refractivity contribution is 5.39.